The summed E-state index contributed by atoms with van der Waals surface area (Å²) in [6.45, 7) is -0.452. The minimum absolute atomic E-state index is 0.612. The van der Waals surface area contributed by atoms with Crippen molar-refractivity contribution < 1.29 is 49.4 Å². The molecule has 0 unspecified atom stereocenters. The Hall–Kier alpha value is -2.21. The third-order valence-electron chi connectivity index (χ3n) is 3.18. The maximum atomic E-state index is 11.3. The van der Waals surface area contributed by atoms with Gasteiger partial charge in [-0.1, -0.05) is 0 Å². The van der Waals surface area contributed by atoms with Crippen LogP contribution in [-0.4, -0.2) is 87.0 Å². The molecule has 1 amide bonds. The van der Waals surface area contributed by atoms with Gasteiger partial charge in [-0.3, -0.25) is 9.59 Å². The quantitative estimate of drug-likeness (QED) is 0.252. The Morgan fingerprint density at radius 1 is 1.38 bits per heavy atom. The number of amides is 1. The van der Waals surface area contributed by atoms with Gasteiger partial charge in [0, 0.05) is 6.92 Å². The molecule has 0 aromatic rings. The second kappa shape index (κ2) is 8.59. The second-order valence-electron chi connectivity index (χ2n) is 5.02. The largest absolute Gasteiger partial charge is 0.478 e. The van der Waals surface area contributed by atoms with Crippen LogP contribution in [0.4, 0.5) is 0 Å². The molecular formula is C13H19NO10. The number of nitrogens with one attached hydrogen (secondary N) is 1. The number of hydrogen-bond donors (Lipinski definition) is 6. The summed E-state index contributed by atoms with van der Waals surface area (Å²) >= 11 is 0. The van der Waals surface area contributed by atoms with Gasteiger partial charge in [-0.2, -0.15) is 0 Å². The zero-order chi connectivity index (χ0) is 18.4. The number of rotatable bonds is 7. The van der Waals surface area contributed by atoms with Gasteiger partial charge in [0.05, 0.1) is 6.04 Å². The molecule has 0 aromatic carbocycles. The lowest BCUT2D eigenvalue weighted by molar-refractivity contribution is -0.157. The van der Waals surface area contributed by atoms with Crippen molar-refractivity contribution in [1.29, 1.82) is 0 Å². The van der Waals surface area contributed by atoms with Crippen molar-refractivity contribution in [1.82, 2.24) is 5.32 Å². The van der Waals surface area contributed by atoms with E-state index in [0.717, 1.165) is 13.0 Å². The summed E-state index contributed by atoms with van der Waals surface area (Å²) in [4.78, 5) is 33.0. The topological polar surface area (TPSA) is 183 Å². The number of aliphatic carboxylic acids is 1. The highest BCUT2D eigenvalue weighted by atomic mass is 16.6. The molecule has 1 aliphatic heterocycles. The third kappa shape index (κ3) is 5.16. The Morgan fingerprint density at radius 3 is 2.50 bits per heavy atom. The molecule has 5 atom stereocenters. The van der Waals surface area contributed by atoms with Gasteiger partial charge in [-0.05, 0) is 6.08 Å². The number of carboxylic acids is 1. The molecule has 0 fully saturated rings. The lowest BCUT2D eigenvalue weighted by Gasteiger charge is -2.38. The number of esters is 1. The molecule has 11 nitrogen and oxygen atoms in total. The van der Waals surface area contributed by atoms with Crippen LogP contribution in [-0.2, 0) is 23.9 Å². The molecular weight excluding hydrogens is 330 g/mol. The van der Waals surface area contributed by atoms with Gasteiger partial charge in [0.15, 0.2) is 6.10 Å². The summed E-state index contributed by atoms with van der Waals surface area (Å²) in [7, 11) is 0. The zero-order valence-corrected chi connectivity index (χ0v) is 12.7. The highest BCUT2D eigenvalue weighted by molar-refractivity contribution is 5.84. The molecule has 0 aliphatic carbocycles. The van der Waals surface area contributed by atoms with Crippen molar-refractivity contribution in [3.05, 3.63) is 11.8 Å². The fourth-order valence-electron chi connectivity index (χ4n) is 2.04. The molecule has 0 radical (unpaired) electrons. The van der Waals surface area contributed by atoms with Gasteiger partial charge in [0.1, 0.15) is 31.5 Å². The molecule has 1 heterocycles. The third-order valence-corrected chi connectivity index (χ3v) is 3.18. The summed E-state index contributed by atoms with van der Waals surface area (Å²) in [5.74, 6) is -3.86. The van der Waals surface area contributed by atoms with Crippen LogP contribution in [0.2, 0.25) is 0 Å². The Kier molecular flexibility index (Phi) is 7.10. The number of carbonyl (C=O) groups is 3. The van der Waals surface area contributed by atoms with Crippen molar-refractivity contribution in [2.45, 2.75) is 37.4 Å². The van der Waals surface area contributed by atoms with Gasteiger partial charge < -0.3 is 40.3 Å². The fourth-order valence-corrected chi connectivity index (χ4v) is 2.04. The molecule has 1 rings (SSSR count). The van der Waals surface area contributed by atoms with Crippen molar-refractivity contribution in [3.63, 3.8) is 0 Å². The van der Waals surface area contributed by atoms with Crippen LogP contribution in [0.15, 0.2) is 11.8 Å². The Labute approximate surface area is 136 Å². The van der Waals surface area contributed by atoms with E-state index >= 15 is 0 Å². The first-order valence-electron chi connectivity index (χ1n) is 6.87. The van der Waals surface area contributed by atoms with Gasteiger partial charge in [0.2, 0.25) is 11.7 Å². The van der Waals surface area contributed by atoms with Crippen LogP contribution in [0.3, 0.4) is 0 Å². The number of ether oxygens (including phenoxy) is 2. The molecule has 1 aliphatic rings. The first-order chi connectivity index (χ1) is 11.2. The maximum absolute atomic E-state index is 11.3. The van der Waals surface area contributed by atoms with Crippen molar-refractivity contribution >= 4 is 17.8 Å². The van der Waals surface area contributed by atoms with Crippen LogP contribution in [0.5, 0.6) is 0 Å². The standard InChI is InChI=1S/C13H19NO10/c1-5(16)23-4-7(18)11(20)12-10(14-9(19)3-15)6(17)2-8(24-12)13(21)22/h2,6-7,10-12,15,17-18,20H,3-4H2,1H3,(H,14,19)(H,21,22)/t6-,7+,10+,11+,12+/m0/s1. The summed E-state index contributed by atoms with van der Waals surface area (Å²) in [6.07, 6.45) is -5.83. The zero-order valence-electron chi connectivity index (χ0n) is 12.7. The van der Waals surface area contributed by atoms with E-state index in [9.17, 15) is 29.7 Å². The number of hydrogen-bond acceptors (Lipinski definition) is 9. The van der Waals surface area contributed by atoms with E-state index in [-0.39, 0.29) is 0 Å². The second-order valence-corrected chi connectivity index (χ2v) is 5.02. The maximum Gasteiger partial charge on any atom is 0.370 e. The van der Waals surface area contributed by atoms with E-state index in [1.165, 1.54) is 0 Å². The van der Waals surface area contributed by atoms with Crippen LogP contribution >= 0.6 is 0 Å². The van der Waals surface area contributed by atoms with Crippen molar-refractivity contribution in [3.8, 4) is 0 Å². The molecule has 11 heteroatoms. The predicted octanol–water partition coefficient (Wildman–Crippen LogP) is -3.52. The average Bonchev–Trinajstić information content (AvgIpc) is 2.52. The van der Waals surface area contributed by atoms with Crippen LogP contribution < -0.4 is 5.32 Å². The summed E-state index contributed by atoms with van der Waals surface area (Å²) in [5, 5.41) is 49.7. The smallest absolute Gasteiger partial charge is 0.370 e. The first-order valence-corrected chi connectivity index (χ1v) is 6.87. The number of carboxylic acid groups (broad SMARTS) is 1. The van der Waals surface area contributed by atoms with Crippen LogP contribution in [0.25, 0.3) is 0 Å². The van der Waals surface area contributed by atoms with E-state index in [1.54, 1.807) is 0 Å². The molecule has 0 saturated carbocycles. The van der Waals surface area contributed by atoms with Crippen LogP contribution in [0, 0.1) is 0 Å². The number of aliphatic hydroxyl groups is 4. The van der Waals surface area contributed by atoms with Crippen molar-refractivity contribution in [2.24, 2.45) is 0 Å². The molecule has 0 aromatic heterocycles. The predicted molar refractivity (Wildman–Crippen MR) is 74.3 cm³/mol. The minimum Gasteiger partial charge on any atom is -0.478 e. The lowest BCUT2D eigenvalue weighted by atomic mass is 9.94. The molecule has 0 bridgehead atoms. The van der Waals surface area contributed by atoms with Gasteiger partial charge in [-0.15, -0.1) is 0 Å². The minimum atomic E-state index is -1.81. The molecule has 0 saturated heterocycles. The molecule has 6 N–H and O–H groups in total. The number of carbonyl (C=O) groups excluding carboxylic acids is 2. The van der Waals surface area contributed by atoms with E-state index in [0.29, 0.717) is 0 Å². The van der Waals surface area contributed by atoms with E-state index in [1.807, 2.05) is 0 Å². The first kappa shape index (κ1) is 19.8. The Bertz CT molecular complexity index is 519. The molecule has 136 valence electrons. The van der Waals surface area contributed by atoms with Gasteiger partial charge >= 0.3 is 11.9 Å². The van der Waals surface area contributed by atoms with Crippen LogP contribution in [0.1, 0.15) is 6.92 Å². The highest BCUT2D eigenvalue weighted by Gasteiger charge is 2.43. The lowest BCUT2D eigenvalue weighted by Crippen LogP contribution is -2.60. The van der Waals surface area contributed by atoms with E-state index < -0.39 is 67.3 Å². The summed E-state index contributed by atoms with van der Waals surface area (Å²) in [5.41, 5.74) is 0. The van der Waals surface area contributed by atoms with Crippen molar-refractivity contribution in [2.75, 3.05) is 13.2 Å². The van der Waals surface area contributed by atoms with Gasteiger partial charge in [-0.25, -0.2) is 4.79 Å². The average molecular weight is 349 g/mol. The molecule has 24 heavy (non-hydrogen) atoms. The summed E-state index contributed by atoms with van der Waals surface area (Å²) < 4.78 is 9.55. The SMILES string of the molecule is CC(=O)OC[C@@H](O)[C@@H](O)[C@@H]1OC(C(=O)O)=C[C@H](O)[C@H]1NC(=O)CO. The van der Waals surface area contributed by atoms with E-state index in [4.69, 9.17) is 14.9 Å². The highest BCUT2D eigenvalue weighted by Crippen LogP contribution is 2.23. The van der Waals surface area contributed by atoms with Gasteiger partial charge in [0.25, 0.3) is 0 Å². The number of aliphatic hydroxyl groups excluding tert-OH is 4. The Morgan fingerprint density at radius 2 is 2.00 bits per heavy atom. The normalized spacial score (nSPS) is 25.7. The molecule has 0 spiro atoms. The fraction of sp³-hybridized carbons (Fsp3) is 0.615. The van der Waals surface area contributed by atoms with E-state index in [2.05, 4.69) is 10.1 Å². The Balaban J connectivity index is 2.98. The summed E-state index contributed by atoms with van der Waals surface area (Å²) in [6, 6.07) is -1.35. The monoisotopic (exact) mass is 349 g/mol.